The third kappa shape index (κ3) is 4.28. The molecule has 4 heterocycles. The Hall–Kier alpha value is -2.75. The predicted molar refractivity (Wildman–Crippen MR) is 120 cm³/mol. The van der Waals surface area contributed by atoms with Crippen molar-refractivity contribution >= 4 is 29.0 Å². The molecule has 174 valence electrons. The summed E-state index contributed by atoms with van der Waals surface area (Å²) >= 11 is 5.87. The number of benzene rings is 1. The van der Waals surface area contributed by atoms with Gasteiger partial charge in [-0.3, -0.25) is 0 Å². The molecule has 10 heteroatoms. The maximum atomic E-state index is 14.0. The molecule has 33 heavy (non-hydrogen) atoms. The van der Waals surface area contributed by atoms with Gasteiger partial charge in [0.1, 0.15) is 22.8 Å². The van der Waals surface area contributed by atoms with Gasteiger partial charge in [0.05, 0.1) is 18.2 Å². The summed E-state index contributed by atoms with van der Waals surface area (Å²) in [6, 6.07) is 5.68. The minimum Gasteiger partial charge on any atom is -0.484 e. The second-order valence-corrected chi connectivity index (χ2v) is 8.91. The standard InChI is InChI=1S/C23H23ClF2N4O3/c24-21-16(25)2-3-17(26)22(21)33-14-5-6-30(11-14)19-4-1-12(8-28-19)15-7-13-9-27-10-18(29-13)20(15)23(31)32/h1-4,8,13-14,18,27,29H,5-7,9-11H2,(H,31,32)/t13-,14+,18-/m0/s1. The number of pyridine rings is 1. The van der Waals surface area contributed by atoms with E-state index in [1.54, 1.807) is 6.20 Å². The third-order valence-corrected chi connectivity index (χ3v) is 6.73. The highest BCUT2D eigenvalue weighted by atomic mass is 35.5. The minimum absolute atomic E-state index is 0.188. The van der Waals surface area contributed by atoms with E-state index in [-0.39, 0.29) is 29.0 Å². The number of rotatable bonds is 5. The van der Waals surface area contributed by atoms with Gasteiger partial charge in [-0.05, 0) is 41.8 Å². The SMILES string of the molecule is O=C(O)C1=C(c2ccc(N3CC[C@@H](Oc4c(F)ccc(F)c4Cl)C3)nc2)C[C@H]2CNC[C@@H]1N2. The van der Waals surface area contributed by atoms with Crippen molar-refractivity contribution in [2.24, 2.45) is 0 Å². The summed E-state index contributed by atoms with van der Waals surface area (Å²) < 4.78 is 33.4. The number of piperazine rings is 1. The van der Waals surface area contributed by atoms with Crippen LogP contribution in [-0.2, 0) is 4.79 Å². The molecule has 2 saturated heterocycles. The zero-order chi connectivity index (χ0) is 23.1. The second kappa shape index (κ2) is 8.89. The van der Waals surface area contributed by atoms with E-state index in [1.807, 2.05) is 17.0 Å². The van der Waals surface area contributed by atoms with Crippen LogP contribution in [0.1, 0.15) is 18.4 Å². The molecule has 3 N–H and O–H groups in total. The van der Waals surface area contributed by atoms with Crippen molar-refractivity contribution in [3.63, 3.8) is 0 Å². The van der Waals surface area contributed by atoms with Crippen molar-refractivity contribution in [3.05, 3.63) is 58.3 Å². The first-order valence-electron chi connectivity index (χ1n) is 10.9. The Balaban J connectivity index is 1.32. The average molecular weight is 477 g/mol. The first-order chi connectivity index (χ1) is 15.9. The summed E-state index contributed by atoms with van der Waals surface area (Å²) in [6.45, 7) is 2.46. The van der Waals surface area contributed by atoms with Gasteiger partial charge in [0.25, 0.3) is 0 Å². The molecule has 0 unspecified atom stereocenters. The highest BCUT2D eigenvalue weighted by molar-refractivity contribution is 6.32. The van der Waals surface area contributed by atoms with Crippen molar-refractivity contribution in [2.75, 3.05) is 31.1 Å². The van der Waals surface area contributed by atoms with Crippen molar-refractivity contribution in [1.29, 1.82) is 0 Å². The summed E-state index contributed by atoms with van der Waals surface area (Å²) in [5.41, 5.74) is 2.00. The van der Waals surface area contributed by atoms with Gasteiger partial charge in [0, 0.05) is 38.3 Å². The highest BCUT2D eigenvalue weighted by Crippen LogP contribution is 2.34. The number of nitrogens with one attached hydrogen (secondary N) is 2. The van der Waals surface area contributed by atoms with Gasteiger partial charge in [0.2, 0.25) is 0 Å². The predicted octanol–water partition coefficient (Wildman–Crippen LogP) is 2.84. The topological polar surface area (TPSA) is 86.7 Å². The number of carboxylic acids is 1. The molecular formula is C23H23ClF2N4O3. The number of nitrogens with zero attached hydrogens (tertiary/aromatic N) is 2. The molecule has 0 amide bonds. The van der Waals surface area contributed by atoms with E-state index in [4.69, 9.17) is 16.3 Å². The molecule has 1 aromatic carbocycles. The Labute approximate surface area is 194 Å². The molecule has 5 rings (SSSR count). The summed E-state index contributed by atoms with van der Waals surface area (Å²) in [6.07, 6.45) is 2.56. The first-order valence-corrected chi connectivity index (χ1v) is 11.2. The molecule has 0 spiro atoms. The zero-order valence-corrected chi connectivity index (χ0v) is 18.4. The number of halogens is 3. The summed E-state index contributed by atoms with van der Waals surface area (Å²) in [7, 11) is 0. The van der Waals surface area contributed by atoms with E-state index in [0.29, 0.717) is 43.9 Å². The number of aromatic nitrogens is 1. The van der Waals surface area contributed by atoms with Gasteiger partial charge in [-0.15, -0.1) is 0 Å². The number of hydrogen-bond acceptors (Lipinski definition) is 6. The van der Waals surface area contributed by atoms with Gasteiger partial charge in [0.15, 0.2) is 11.6 Å². The molecule has 0 aliphatic carbocycles. The van der Waals surface area contributed by atoms with Crippen LogP contribution in [0.25, 0.3) is 5.57 Å². The Morgan fingerprint density at radius 1 is 1.21 bits per heavy atom. The van der Waals surface area contributed by atoms with Crippen LogP contribution in [0.2, 0.25) is 5.02 Å². The van der Waals surface area contributed by atoms with E-state index in [9.17, 15) is 18.7 Å². The van der Waals surface area contributed by atoms with Crippen LogP contribution in [0.3, 0.4) is 0 Å². The minimum atomic E-state index is -0.920. The number of aliphatic carboxylic acids is 1. The number of carbonyl (C=O) groups is 1. The van der Waals surface area contributed by atoms with E-state index in [0.717, 1.165) is 29.8 Å². The second-order valence-electron chi connectivity index (χ2n) is 8.53. The maximum Gasteiger partial charge on any atom is 0.333 e. The van der Waals surface area contributed by atoms with E-state index in [2.05, 4.69) is 15.6 Å². The Bertz CT molecular complexity index is 1110. The van der Waals surface area contributed by atoms with E-state index in [1.165, 1.54) is 0 Å². The smallest absolute Gasteiger partial charge is 0.333 e. The van der Waals surface area contributed by atoms with Gasteiger partial charge in [-0.25, -0.2) is 18.6 Å². The van der Waals surface area contributed by atoms with Crippen LogP contribution in [-0.4, -0.2) is 60.4 Å². The van der Waals surface area contributed by atoms with E-state index >= 15 is 0 Å². The molecule has 2 aromatic rings. The van der Waals surface area contributed by atoms with Gasteiger partial charge >= 0.3 is 5.97 Å². The molecule has 2 bridgehead atoms. The fourth-order valence-corrected chi connectivity index (χ4v) is 5.00. The molecule has 0 radical (unpaired) electrons. The van der Waals surface area contributed by atoms with E-state index < -0.39 is 17.6 Å². The lowest BCUT2D eigenvalue weighted by atomic mass is 9.85. The third-order valence-electron chi connectivity index (χ3n) is 6.38. The largest absolute Gasteiger partial charge is 0.484 e. The van der Waals surface area contributed by atoms with Gasteiger partial charge in [-0.1, -0.05) is 11.6 Å². The van der Waals surface area contributed by atoms with Crippen LogP contribution in [0.5, 0.6) is 5.75 Å². The zero-order valence-electron chi connectivity index (χ0n) is 17.7. The highest BCUT2D eigenvalue weighted by Gasteiger charge is 2.35. The summed E-state index contributed by atoms with van der Waals surface area (Å²) in [4.78, 5) is 18.5. The lowest BCUT2D eigenvalue weighted by Gasteiger charge is -2.38. The fourth-order valence-electron chi connectivity index (χ4n) is 4.81. The lowest BCUT2D eigenvalue weighted by Crippen LogP contribution is -2.58. The molecule has 0 saturated carbocycles. The number of anilines is 1. The van der Waals surface area contributed by atoms with Crippen molar-refractivity contribution in [3.8, 4) is 5.75 Å². The quantitative estimate of drug-likeness (QED) is 0.572. The maximum absolute atomic E-state index is 14.0. The molecule has 2 fully saturated rings. The van der Waals surface area contributed by atoms with Crippen molar-refractivity contribution < 1.29 is 23.4 Å². The van der Waals surface area contributed by atoms with Crippen LogP contribution in [0, 0.1) is 11.6 Å². The molecular weight excluding hydrogens is 454 g/mol. The van der Waals surface area contributed by atoms with Gasteiger partial charge in [-0.2, -0.15) is 0 Å². The summed E-state index contributed by atoms with van der Waals surface area (Å²) in [5.74, 6) is -1.91. The normalized spacial score (nSPS) is 24.8. The first kappa shape index (κ1) is 22.1. The fraction of sp³-hybridized carbons (Fsp3) is 0.391. The molecule has 7 nitrogen and oxygen atoms in total. The van der Waals surface area contributed by atoms with Gasteiger partial charge < -0.3 is 25.4 Å². The lowest BCUT2D eigenvalue weighted by molar-refractivity contribution is -0.133. The monoisotopic (exact) mass is 476 g/mol. The van der Waals surface area contributed by atoms with Crippen molar-refractivity contribution in [2.45, 2.75) is 31.0 Å². The Morgan fingerprint density at radius 3 is 2.79 bits per heavy atom. The summed E-state index contributed by atoms with van der Waals surface area (Å²) in [5, 5.41) is 16.1. The van der Waals surface area contributed by atoms with Crippen molar-refractivity contribution in [1.82, 2.24) is 15.6 Å². The average Bonchev–Trinajstić information content (AvgIpc) is 3.27. The molecule has 3 aliphatic heterocycles. The number of ether oxygens (including phenoxy) is 1. The molecule has 3 atom stereocenters. The Morgan fingerprint density at radius 2 is 2.03 bits per heavy atom. The van der Waals surface area contributed by atoms with Crippen LogP contribution in [0.15, 0.2) is 36.0 Å². The molecule has 3 aliphatic rings. The van der Waals surface area contributed by atoms with Crippen LogP contribution < -0.4 is 20.3 Å². The number of fused-ring (bicyclic) bond motifs is 2. The van der Waals surface area contributed by atoms with Crippen LogP contribution >= 0.6 is 11.6 Å². The molecule has 1 aromatic heterocycles. The Kier molecular flexibility index (Phi) is 5.94. The number of carboxylic acid groups (broad SMARTS) is 1. The number of hydrogen-bond donors (Lipinski definition) is 3. The van der Waals surface area contributed by atoms with Crippen LogP contribution in [0.4, 0.5) is 14.6 Å².